The molecule has 2 aromatic rings. The molecule has 0 heterocycles. The Morgan fingerprint density at radius 3 is 2.33 bits per heavy atom. The molecular weight excluding hydrogens is 252 g/mol. The van der Waals surface area contributed by atoms with E-state index in [0.717, 1.165) is 6.42 Å². The largest absolute Gasteiger partial charge is 0.0988 e. The fraction of sp³-hybridized carbons (Fsp3) is 0.143. The van der Waals surface area contributed by atoms with Crippen LogP contribution in [0.5, 0.6) is 0 Å². The number of allylic oxidation sites excluding steroid dienone is 5. The molecule has 0 amide bonds. The Bertz CT molecular complexity index is 657. The molecule has 2 aromatic carbocycles. The van der Waals surface area contributed by atoms with Gasteiger partial charge in [0.05, 0.1) is 0 Å². The molecule has 0 radical (unpaired) electrons. The first-order chi connectivity index (χ1) is 10.3. The van der Waals surface area contributed by atoms with Gasteiger partial charge in [0.2, 0.25) is 0 Å². The van der Waals surface area contributed by atoms with Crippen molar-refractivity contribution < 1.29 is 0 Å². The lowest BCUT2D eigenvalue weighted by Gasteiger charge is -2.13. The molecule has 0 unspecified atom stereocenters. The van der Waals surface area contributed by atoms with E-state index in [2.05, 4.69) is 87.2 Å². The first kappa shape index (κ1) is 15.1. The molecule has 0 aliphatic heterocycles. The van der Waals surface area contributed by atoms with Gasteiger partial charge in [0, 0.05) is 0 Å². The summed E-state index contributed by atoms with van der Waals surface area (Å²) in [6.07, 6.45) is 7.12. The summed E-state index contributed by atoms with van der Waals surface area (Å²) in [6, 6.07) is 19.2. The molecule has 0 fully saturated rings. The minimum Gasteiger partial charge on any atom is -0.0988 e. The summed E-state index contributed by atoms with van der Waals surface area (Å²) in [6.45, 7) is 8.08. The SMILES string of the molecule is C=C/C(C)=C(\C=C/C)c1ccccc1Cc1ccccc1. The zero-order valence-electron chi connectivity index (χ0n) is 12.8. The summed E-state index contributed by atoms with van der Waals surface area (Å²) in [5.74, 6) is 0. The Balaban J connectivity index is 2.48. The molecule has 0 spiro atoms. The van der Waals surface area contributed by atoms with Gasteiger partial charge in [-0.1, -0.05) is 79.4 Å². The van der Waals surface area contributed by atoms with Gasteiger partial charge in [0.1, 0.15) is 0 Å². The van der Waals surface area contributed by atoms with Crippen LogP contribution in [-0.4, -0.2) is 0 Å². The van der Waals surface area contributed by atoms with Crippen LogP contribution in [0.1, 0.15) is 30.5 Å². The standard InChI is InChI=1S/C21H22/c1-4-11-20(17(3)5-2)21-15-10-9-14-19(21)16-18-12-7-6-8-13-18/h4-15H,2,16H2,1,3H3/b11-4-,20-17+. The van der Waals surface area contributed by atoms with Crippen LogP contribution in [0.15, 0.2) is 85.0 Å². The highest BCUT2D eigenvalue weighted by Crippen LogP contribution is 2.26. The maximum Gasteiger partial charge on any atom is -0.00196 e. The summed E-state index contributed by atoms with van der Waals surface area (Å²) in [4.78, 5) is 0. The number of benzene rings is 2. The highest BCUT2D eigenvalue weighted by atomic mass is 14.1. The van der Waals surface area contributed by atoms with Gasteiger partial charge in [-0.2, -0.15) is 0 Å². The van der Waals surface area contributed by atoms with Crippen molar-refractivity contribution in [3.05, 3.63) is 102 Å². The second kappa shape index (κ2) is 7.44. The molecule has 0 saturated carbocycles. The zero-order valence-corrected chi connectivity index (χ0v) is 12.8. The van der Waals surface area contributed by atoms with Crippen LogP contribution in [0.2, 0.25) is 0 Å². The third kappa shape index (κ3) is 3.82. The van der Waals surface area contributed by atoms with Gasteiger partial charge in [0.25, 0.3) is 0 Å². The molecule has 21 heavy (non-hydrogen) atoms. The maximum absolute atomic E-state index is 3.91. The van der Waals surface area contributed by atoms with E-state index < -0.39 is 0 Å². The van der Waals surface area contributed by atoms with Gasteiger partial charge < -0.3 is 0 Å². The molecule has 0 aliphatic carbocycles. The van der Waals surface area contributed by atoms with Crippen molar-refractivity contribution in [1.29, 1.82) is 0 Å². The molecule has 106 valence electrons. The van der Waals surface area contributed by atoms with Gasteiger partial charge in [-0.25, -0.2) is 0 Å². The molecule has 0 heteroatoms. The lowest BCUT2D eigenvalue weighted by atomic mass is 9.92. The zero-order chi connectivity index (χ0) is 15.1. The summed E-state index contributed by atoms with van der Waals surface area (Å²) in [7, 11) is 0. The van der Waals surface area contributed by atoms with Crippen molar-refractivity contribution >= 4 is 5.57 Å². The summed E-state index contributed by atoms with van der Waals surface area (Å²) in [5, 5.41) is 0. The van der Waals surface area contributed by atoms with E-state index in [0.29, 0.717) is 0 Å². The summed E-state index contributed by atoms with van der Waals surface area (Å²) in [5.41, 5.74) is 6.42. The Hall–Kier alpha value is -2.34. The fourth-order valence-corrected chi connectivity index (χ4v) is 2.46. The van der Waals surface area contributed by atoms with E-state index in [1.54, 1.807) is 0 Å². The number of hydrogen-bond donors (Lipinski definition) is 0. The van der Waals surface area contributed by atoms with E-state index in [9.17, 15) is 0 Å². The van der Waals surface area contributed by atoms with Gasteiger partial charge >= 0.3 is 0 Å². The van der Waals surface area contributed by atoms with Crippen molar-refractivity contribution in [2.24, 2.45) is 0 Å². The molecule has 0 bridgehead atoms. The second-order valence-corrected chi connectivity index (χ2v) is 5.12. The van der Waals surface area contributed by atoms with E-state index in [-0.39, 0.29) is 0 Å². The smallest absolute Gasteiger partial charge is 0.00196 e. The molecule has 0 aliphatic rings. The third-order valence-electron chi connectivity index (χ3n) is 3.61. The number of rotatable bonds is 5. The van der Waals surface area contributed by atoms with Crippen molar-refractivity contribution in [1.82, 2.24) is 0 Å². The van der Waals surface area contributed by atoms with E-state index in [1.807, 2.05) is 6.08 Å². The van der Waals surface area contributed by atoms with Gasteiger partial charge in [-0.15, -0.1) is 0 Å². The molecule has 0 saturated heterocycles. The quantitative estimate of drug-likeness (QED) is 0.603. The molecule has 0 N–H and O–H groups in total. The van der Waals surface area contributed by atoms with Crippen LogP contribution >= 0.6 is 0 Å². The van der Waals surface area contributed by atoms with Crippen molar-refractivity contribution in [3.63, 3.8) is 0 Å². The molecule has 2 rings (SSSR count). The number of hydrogen-bond acceptors (Lipinski definition) is 0. The normalized spacial score (nSPS) is 12.3. The summed E-state index contributed by atoms with van der Waals surface area (Å²) < 4.78 is 0. The average Bonchev–Trinajstić information content (AvgIpc) is 2.54. The van der Waals surface area contributed by atoms with Crippen LogP contribution in [-0.2, 0) is 6.42 Å². The van der Waals surface area contributed by atoms with Crippen molar-refractivity contribution in [2.45, 2.75) is 20.3 Å². The minimum absolute atomic E-state index is 0.947. The highest BCUT2D eigenvalue weighted by molar-refractivity contribution is 5.79. The Morgan fingerprint density at radius 2 is 1.67 bits per heavy atom. The second-order valence-electron chi connectivity index (χ2n) is 5.12. The van der Waals surface area contributed by atoms with Crippen LogP contribution in [0.3, 0.4) is 0 Å². The fourth-order valence-electron chi connectivity index (χ4n) is 2.46. The average molecular weight is 274 g/mol. The minimum atomic E-state index is 0.947. The monoisotopic (exact) mass is 274 g/mol. The van der Waals surface area contributed by atoms with Crippen molar-refractivity contribution in [2.75, 3.05) is 0 Å². The van der Waals surface area contributed by atoms with Crippen molar-refractivity contribution in [3.8, 4) is 0 Å². The lowest BCUT2D eigenvalue weighted by molar-refractivity contribution is 1.18. The Labute approximate surface area is 128 Å². The first-order valence-corrected chi connectivity index (χ1v) is 7.34. The van der Waals surface area contributed by atoms with E-state index in [1.165, 1.54) is 27.8 Å². The van der Waals surface area contributed by atoms with Gasteiger partial charge in [-0.3, -0.25) is 0 Å². The molecule has 0 nitrogen and oxygen atoms in total. The third-order valence-corrected chi connectivity index (χ3v) is 3.61. The molecular formula is C21H22. The lowest BCUT2D eigenvalue weighted by Crippen LogP contribution is -1.95. The van der Waals surface area contributed by atoms with E-state index >= 15 is 0 Å². The first-order valence-electron chi connectivity index (χ1n) is 7.34. The van der Waals surface area contributed by atoms with Crippen LogP contribution in [0, 0.1) is 0 Å². The predicted molar refractivity (Wildman–Crippen MR) is 93.3 cm³/mol. The van der Waals surface area contributed by atoms with Crippen LogP contribution < -0.4 is 0 Å². The maximum atomic E-state index is 3.91. The van der Waals surface area contributed by atoms with Gasteiger partial charge in [-0.05, 0) is 48.1 Å². The van der Waals surface area contributed by atoms with Gasteiger partial charge in [0.15, 0.2) is 0 Å². The molecule has 0 atom stereocenters. The van der Waals surface area contributed by atoms with E-state index in [4.69, 9.17) is 0 Å². The summed E-state index contributed by atoms with van der Waals surface area (Å²) >= 11 is 0. The Kier molecular flexibility index (Phi) is 5.34. The highest BCUT2D eigenvalue weighted by Gasteiger charge is 2.07. The Morgan fingerprint density at radius 1 is 1.00 bits per heavy atom. The van der Waals surface area contributed by atoms with Crippen LogP contribution in [0.4, 0.5) is 0 Å². The van der Waals surface area contributed by atoms with Crippen LogP contribution in [0.25, 0.3) is 5.57 Å². The molecule has 0 aromatic heterocycles. The topological polar surface area (TPSA) is 0 Å². The predicted octanol–water partition coefficient (Wildman–Crippen LogP) is 5.81.